The van der Waals surface area contributed by atoms with Gasteiger partial charge in [-0.15, -0.1) is 0 Å². The van der Waals surface area contributed by atoms with Gasteiger partial charge in [-0.1, -0.05) is 11.6 Å². The molecule has 0 aliphatic heterocycles. The Morgan fingerprint density at radius 1 is 1.53 bits per heavy atom. The number of anilines is 1. The number of hydrogen-bond donors (Lipinski definition) is 3. The highest BCUT2D eigenvalue weighted by atomic mass is 35.5. The fraction of sp³-hybridized carbons (Fsp3) is 0.200. The van der Waals surface area contributed by atoms with E-state index in [0.717, 1.165) is 0 Å². The molecule has 4 nitrogen and oxygen atoms in total. The van der Waals surface area contributed by atoms with E-state index in [1.165, 1.54) is 25.2 Å². The van der Waals surface area contributed by atoms with Gasteiger partial charge in [-0.2, -0.15) is 0 Å². The Bertz CT molecular complexity index is 442. The van der Waals surface area contributed by atoms with Crippen LogP contribution in [0.25, 0.3) is 0 Å². The van der Waals surface area contributed by atoms with Gasteiger partial charge in [0.2, 0.25) is 5.91 Å². The minimum atomic E-state index is -0.499. The summed E-state index contributed by atoms with van der Waals surface area (Å²) in [6.07, 6.45) is 0. The summed E-state index contributed by atoms with van der Waals surface area (Å²) in [5, 5.41) is 8.17. The minimum Gasteiger partial charge on any atom is -0.358 e. The highest BCUT2D eigenvalue weighted by Crippen LogP contribution is 2.19. The molecule has 0 spiro atoms. The van der Waals surface area contributed by atoms with Crippen molar-refractivity contribution in [3.8, 4) is 0 Å². The lowest BCUT2D eigenvalue weighted by Crippen LogP contribution is -2.37. The maximum atomic E-state index is 12.9. The molecular weight excluding hydrogens is 265 g/mol. The number of carbonyl (C=O) groups is 1. The van der Waals surface area contributed by atoms with Crippen LogP contribution in [-0.2, 0) is 4.79 Å². The van der Waals surface area contributed by atoms with Crippen molar-refractivity contribution < 1.29 is 9.18 Å². The van der Waals surface area contributed by atoms with E-state index in [-0.39, 0.29) is 22.6 Å². The first kappa shape index (κ1) is 13.7. The number of carbonyl (C=O) groups excluding carboxylic acids is 1. The molecule has 1 aromatic rings. The molecule has 0 aliphatic rings. The Hall–Kier alpha value is -1.40. The van der Waals surface area contributed by atoms with Crippen LogP contribution in [0.5, 0.6) is 0 Å². The van der Waals surface area contributed by atoms with Crippen molar-refractivity contribution >= 4 is 40.5 Å². The van der Waals surface area contributed by atoms with Crippen molar-refractivity contribution in [2.24, 2.45) is 0 Å². The summed E-state index contributed by atoms with van der Waals surface area (Å²) in [5.74, 6) is -0.687. The molecule has 0 radical (unpaired) electrons. The lowest BCUT2D eigenvalue weighted by atomic mass is 10.3. The van der Waals surface area contributed by atoms with Gasteiger partial charge in [-0.3, -0.25) is 4.79 Å². The largest absolute Gasteiger partial charge is 0.358 e. The van der Waals surface area contributed by atoms with Crippen LogP contribution in [0.15, 0.2) is 18.2 Å². The minimum absolute atomic E-state index is 0.00380. The van der Waals surface area contributed by atoms with E-state index in [1.807, 2.05) is 0 Å². The number of rotatable bonds is 3. The van der Waals surface area contributed by atoms with Crippen molar-refractivity contribution in [1.82, 2.24) is 10.6 Å². The summed E-state index contributed by atoms with van der Waals surface area (Å²) >= 11 is 10.5. The first-order chi connectivity index (χ1) is 8.02. The van der Waals surface area contributed by atoms with Crippen molar-refractivity contribution in [3.63, 3.8) is 0 Å². The number of hydrogen-bond acceptors (Lipinski definition) is 2. The molecule has 1 aromatic carbocycles. The molecule has 0 aromatic heterocycles. The van der Waals surface area contributed by atoms with Gasteiger partial charge >= 0.3 is 0 Å². The van der Waals surface area contributed by atoms with Gasteiger partial charge < -0.3 is 16.0 Å². The molecule has 0 saturated carbocycles. The van der Waals surface area contributed by atoms with Crippen LogP contribution >= 0.6 is 23.8 Å². The molecular formula is C10H11ClFN3OS. The van der Waals surface area contributed by atoms with Crippen LogP contribution in [0.4, 0.5) is 10.1 Å². The second-order valence-corrected chi connectivity index (χ2v) is 3.93. The zero-order chi connectivity index (χ0) is 12.8. The molecule has 1 amide bonds. The Morgan fingerprint density at radius 3 is 2.82 bits per heavy atom. The van der Waals surface area contributed by atoms with E-state index in [9.17, 15) is 9.18 Å². The van der Waals surface area contributed by atoms with Crippen molar-refractivity contribution in [1.29, 1.82) is 0 Å². The third kappa shape index (κ3) is 4.54. The van der Waals surface area contributed by atoms with E-state index in [4.69, 9.17) is 23.8 Å². The van der Waals surface area contributed by atoms with Gasteiger partial charge in [0.25, 0.3) is 0 Å². The predicted molar refractivity (Wildman–Crippen MR) is 69.7 cm³/mol. The third-order valence-electron chi connectivity index (χ3n) is 1.87. The zero-order valence-electron chi connectivity index (χ0n) is 9.01. The summed E-state index contributed by atoms with van der Waals surface area (Å²) in [4.78, 5) is 10.9. The molecule has 0 atom stereocenters. The molecule has 0 heterocycles. The van der Waals surface area contributed by atoms with Crippen molar-refractivity contribution in [3.05, 3.63) is 29.0 Å². The Labute approximate surface area is 109 Å². The molecule has 3 N–H and O–H groups in total. The first-order valence-corrected chi connectivity index (χ1v) is 5.52. The monoisotopic (exact) mass is 275 g/mol. The van der Waals surface area contributed by atoms with E-state index < -0.39 is 5.82 Å². The predicted octanol–water partition coefficient (Wildman–Crippen LogP) is 1.51. The molecule has 0 bridgehead atoms. The maximum absolute atomic E-state index is 12.9. The average Bonchev–Trinajstić information content (AvgIpc) is 2.31. The van der Waals surface area contributed by atoms with E-state index in [1.54, 1.807) is 0 Å². The zero-order valence-corrected chi connectivity index (χ0v) is 10.6. The van der Waals surface area contributed by atoms with Gasteiger partial charge in [0, 0.05) is 12.7 Å². The molecule has 0 saturated heterocycles. The lowest BCUT2D eigenvalue weighted by Gasteiger charge is -2.10. The van der Waals surface area contributed by atoms with E-state index in [2.05, 4.69) is 16.0 Å². The first-order valence-electron chi connectivity index (χ1n) is 4.73. The Balaban J connectivity index is 2.50. The van der Waals surface area contributed by atoms with Crippen LogP contribution in [-0.4, -0.2) is 24.6 Å². The second-order valence-electron chi connectivity index (χ2n) is 3.11. The lowest BCUT2D eigenvalue weighted by molar-refractivity contribution is -0.119. The summed E-state index contributed by atoms with van der Waals surface area (Å²) in [7, 11) is 1.53. The molecule has 0 unspecified atom stereocenters. The molecule has 92 valence electrons. The van der Waals surface area contributed by atoms with Crippen molar-refractivity contribution in [2.75, 3.05) is 18.9 Å². The number of likely N-dealkylation sites (N-methyl/N-ethyl adjacent to an activating group) is 1. The molecule has 1 rings (SSSR count). The fourth-order valence-electron chi connectivity index (χ4n) is 0.998. The highest BCUT2D eigenvalue weighted by Gasteiger charge is 2.03. The molecule has 0 fully saturated rings. The fourth-order valence-corrected chi connectivity index (χ4v) is 1.37. The summed E-state index contributed by atoms with van der Waals surface area (Å²) in [6.45, 7) is 0.0667. The highest BCUT2D eigenvalue weighted by molar-refractivity contribution is 7.80. The number of nitrogens with one attached hydrogen (secondary N) is 3. The third-order valence-corrected chi connectivity index (χ3v) is 2.40. The molecule has 17 heavy (non-hydrogen) atoms. The van der Waals surface area contributed by atoms with Gasteiger partial charge in [0.05, 0.1) is 11.6 Å². The van der Waals surface area contributed by atoms with Crippen LogP contribution < -0.4 is 16.0 Å². The maximum Gasteiger partial charge on any atom is 0.239 e. The standard InChI is InChI=1S/C10H11ClFN3OS/c1-13-9(16)5-14-10(17)15-6-2-3-8(12)7(11)4-6/h2-4H,5H2,1H3,(H,13,16)(H2,14,15,17). The summed E-state index contributed by atoms with van der Waals surface area (Å²) in [5.41, 5.74) is 0.547. The van der Waals surface area contributed by atoms with Crippen LogP contribution in [0, 0.1) is 5.82 Å². The quantitative estimate of drug-likeness (QED) is 0.732. The van der Waals surface area contributed by atoms with E-state index >= 15 is 0 Å². The normalized spacial score (nSPS) is 9.59. The number of amides is 1. The summed E-state index contributed by atoms with van der Waals surface area (Å²) in [6, 6.07) is 4.13. The Morgan fingerprint density at radius 2 is 2.24 bits per heavy atom. The number of thiocarbonyl (C=S) groups is 1. The number of benzene rings is 1. The van der Waals surface area contributed by atoms with Crippen LogP contribution in [0.3, 0.4) is 0 Å². The second kappa shape index (κ2) is 6.36. The average molecular weight is 276 g/mol. The van der Waals surface area contributed by atoms with Gasteiger partial charge in [0.1, 0.15) is 5.82 Å². The topological polar surface area (TPSA) is 53.2 Å². The van der Waals surface area contributed by atoms with Gasteiger partial charge in [0.15, 0.2) is 5.11 Å². The van der Waals surface area contributed by atoms with Crippen molar-refractivity contribution in [2.45, 2.75) is 0 Å². The summed E-state index contributed by atoms with van der Waals surface area (Å²) < 4.78 is 12.9. The van der Waals surface area contributed by atoms with Crippen LogP contribution in [0.2, 0.25) is 5.02 Å². The Kier molecular flexibility index (Phi) is 5.11. The van der Waals surface area contributed by atoms with Gasteiger partial charge in [-0.05, 0) is 30.4 Å². The SMILES string of the molecule is CNC(=O)CNC(=S)Nc1ccc(F)c(Cl)c1. The van der Waals surface area contributed by atoms with E-state index in [0.29, 0.717) is 5.69 Å². The molecule has 7 heteroatoms. The smallest absolute Gasteiger partial charge is 0.239 e. The number of halogens is 2. The van der Waals surface area contributed by atoms with Crippen LogP contribution in [0.1, 0.15) is 0 Å². The van der Waals surface area contributed by atoms with Gasteiger partial charge in [-0.25, -0.2) is 4.39 Å². The molecule has 0 aliphatic carbocycles.